The Kier molecular flexibility index (Phi) is 6.19. The summed E-state index contributed by atoms with van der Waals surface area (Å²) in [4.78, 5) is 13.3. The van der Waals surface area contributed by atoms with Crippen LogP contribution in [0.15, 0.2) is 30.7 Å². The standard InChI is InChI=1S/C22H18F6N8O2/c1-37-19-14(7-30-20(32-19)38-2)15-5-16(18-29-8-17(23)36(18)34-15)35-9-12(21(24,25)10-35)4-13-3-11(6-31-33-13)22(26,27)28/h3,5-8,12H,4,9-10H2,1-2H3. The molecule has 0 aliphatic carbocycles. The number of imidazole rings is 1. The van der Waals surface area contributed by atoms with Gasteiger partial charge in [0.2, 0.25) is 11.8 Å². The summed E-state index contributed by atoms with van der Waals surface area (Å²) >= 11 is 0. The van der Waals surface area contributed by atoms with Gasteiger partial charge in [0.15, 0.2) is 5.65 Å². The number of methoxy groups -OCH3 is 2. The Bertz CT molecular complexity index is 1490. The third kappa shape index (κ3) is 4.61. The average molecular weight is 540 g/mol. The molecule has 1 fully saturated rings. The van der Waals surface area contributed by atoms with Crippen LogP contribution in [0.3, 0.4) is 0 Å². The molecule has 1 unspecified atom stereocenters. The third-order valence-corrected chi connectivity index (χ3v) is 6.06. The van der Waals surface area contributed by atoms with Crippen LogP contribution in [0, 0.1) is 11.9 Å². The normalized spacial score (nSPS) is 17.3. The summed E-state index contributed by atoms with van der Waals surface area (Å²) in [6, 6.07) is 2.12. The maximum absolute atomic E-state index is 15.1. The number of hydrogen-bond donors (Lipinski definition) is 0. The van der Waals surface area contributed by atoms with Gasteiger partial charge in [-0.15, -0.1) is 0 Å². The lowest BCUT2D eigenvalue weighted by Crippen LogP contribution is -2.29. The second kappa shape index (κ2) is 9.25. The summed E-state index contributed by atoms with van der Waals surface area (Å²) in [6.45, 7) is -1.08. The zero-order valence-electron chi connectivity index (χ0n) is 19.7. The molecule has 1 atom stereocenters. The van der Waals surface area contributed by atoms with Crippen LogP contribution < -0.4 is 14.4 Å². The van der Waals surface area contributed by atoms with Crippen molar-refractivity contribution in [2.45, 2.75) is 18.5 Å². The minimum atomic E-state index is -4.69. The number of ether oxygens (including phenoxy) is 2. The molecular formula is C22H18F6N8O2. The number of rotatable bonds is 6. The molecule has 0 amide bonds. The second-order valence-corrected chi connectivity index (χ2v) is 8.49. The van der Waals surface area contributed by atoms with Gasteiger partial charge in [-0.2, -0.15) is 42.4 Å². The molecule has 4 aromatic rings. The quantitative estimate of drug-likeness (QED) is 0.340. The Morgan fingerprint density at radius 1 is 1.08 bits per heavy atom. The first-order valence-corrected chi connectivity index (χ1v) is 11.0. The van der Waals surface area contributed by atoms with Crippen LogP contribution >= 0.6 is 0 Å². The third-order valence-electron chi connectivity index (χ3n) is 6.06. The first-order valence-electron chi connectivity index (χ1n) is 11.0. The zero-order valence-corrected chi connectivity index (χ0v) is 19.7. The van der Waals surface area contributed by atoms with Crippen LogP contribution in [0.1, 0.15) is 11.3 Å². The van der Waals surface area contributed by atoms with Crippen molar-refractivity contribution in [3.63, 3.8) is 0 Å². The van der Waals surface area contributed by atoms with E-state index in [0.29, 0.717) is 12.3 Å². The predicted molar refractivity (Wildman–Crippen MR) is 118 cm³/mol. The summed E-state index contributed by atoms with van der Waals surface area (Å²) in [5.74, 6) is -5.53. The van der Waals surface area contributed by atoms with Gasteiger partial charge < -0.3 is 14.4 Å². The van der Waals surface area contributed by atoms with Gasteiger partial charge in [0.25, 0.3) is 5.92 Å². The lowest BCUT2D eigenvalue weighted by atomic mass is 9.98. The fraction of sp³-hybridized carbons (Fsp3) is 0.364. The van der Waals surface area contributed by atoms with Crippen molar-refractivity contribution < 1.29 is 35.8 Å². The van der Waals surface area contributed by atoms with Crippen LogP contribution in [0.4, 0.5) is 32.0 Å². The summed E-state index contributed by atoms with van der Waals surface area (Å²) in [7, 11) is 2.69. The van der Waals surface area contributed by atoms with Crippen molar-refractivity contribution >= 4 is 11.3 Å². The smallest absolute Gasteiger partial charge is 0.418 e. The zero-order chi connectivity index (χ0) is 27.2. The molecule has 200 valence electrons. The van der Waals surface area contributed by atoms with Crippen molar-refractivity contribution in [3.05, 3.63) is 47.9 Å². The maximum Gasteiger partial charge on any atom is 0.418 e. The number of anilines is 1. The number of nitrogens with zero attached hydrogens (tertiary/aromatic N) is 8. The van der Waals surface area contributed by atoms with Crippen molar-refractivity contribution in [1.82, 2.24) is 34.8 Å². The Morgan fingerprint density at radius 3 is 2.58 bits per heavy atom. The number of halogens is 6. The van der Waals surface area contributed by atoms with Crippen LogP contribution in [0.2, 0.25) is 0 Å². The molecule has 0 aromatic carbocycles. The summed E-state index contributed by atoms with van der Waals surface area (Å²) in [5, 5.41) is 11.1. The van der Waals surface area contributed by atoms with Crippen molar-refractivity contribution in [2.75, 3.05) is 32.2 Å². The Hall–Kier alpha value is -4.24. The van der Waals surface area contributed by atoms with Gasteiger partial charge >= 0.3 is 12.2 Å². The average Bonchev–Trinajstić information content (AvgIpc) is 3.41. The lowest BCUT2D eigenvalue weighted by molar-refractivity contribution is -0.138. The second-order valence-electron chi connectivity index (χ2n) is 8.49. The predicted octanol–water partition coefficient (Wildman–Crippen LogP) is 3.47. The highest BCUT2D eigenvalue weighted by molar-refractivity contribution is 5.76. The monoisotopic (exact) mass is 540 g/mol. The molecule has 0 saturated carbocycles. The van der Waals surface area contributed by atoms with Gasteiger partial charge in [-0.3, -0.25) is 0 Å². The molecule has 0 bridgehead atoms. The number of alkyl halides is 5. The van der Waals surface area contributed by atoms with E-state index in [0.717, 1.165) is 10.7 Å². The van der Waals surface area contributed by atoms with E-state index in [1.54, 1.807) is 0 Å². The van der Waals surface area contributed by atoms with E-state index in [9.17, 15) is 17.6 Å². The molecular weight excluding hydrogens is 522 g/mol. The minimum Gasteiger partial charge on any atom is -0.480 e. The lowest BCUT2D eigenvalue weighted by Gasteiger charge is -2.19. The minimum absolute atomic E-state index is 0.000400. The van der Waals surface area contributed by atoms with Gasteiger partial charge in [0, 0.05) is 25.1 Å². The van der Waals surface area contributed by atoms with E-state index in [2.05, 4.69) is 30.2 Å². The van der Waals surface area contributed by atoms with Gasteiger partial charge in [-0.1, -0.05) is 0 Å². The fourth-order valence-electron chi connectivity index (χ4n) is 4.23. The molecule has 5 rings (SSSR count). The van der Waals surface area contributed by atoms with Gasteiger partial charge in [0.1, 0.15) is 5.69 Å². The SMILES string of the molecule is COc1ncc(-c2cc(N3CC(Cc4cc(C(F)(F)F)cnn4)C(F)(F)C3)c3ncc(F)n3n2)c(OC)n1. The maximum atomic E-state index is 15.1. The molecule has 0 radical (unpaired) electrons. The molecule has 1 saturated heterocycles. The van der Waals surface area contributed by atoms with Crippen LogP contribution in [-0.2, 0) is 12.6 Å². The van der Waals surface area contributed by atoms with E-state index in [-0.39, 0.29) is 46.7 Å². The molecule has 0 N–H and O–H groups in total. The fourth-order valence-corrected chi connectivity index (χ4v) is 4.23. The van der Waals surface area contributed by atoms with Crippen LogP contribution in [0.25, 0.3) is 16.9 Å². The van der Waals surface area contributed by atoms with E-state index in [1.807, 2.05) is 0 Å². The summed E-state index contributed by atoms with van der Waals surface area (Å²) < 4.78 is 95.0. The van der Waals surface area contributed by atoms with E-state index in [4.69, 9.17) is 9.47 Å². The largest absolute Gasteiger partial charge is 0.480 e. The molecule has 38 heavy (non-hydrogen) atoms. The number of fused-ring (bicyclic) bond motifs is 1. The molecule has 4 aromatic heterocycles. The number of hydrogen-bond acceptors (Lipinski definition) is 9. The van der Waals surface area contributed by atoms with Gasteiger partial charge in [-0.25, -0.2) is 18.7 Å². The molecule has 5 heterocycles. The number of aromatic nitrogens is 7. The highest BCUT2D eigenvalue weighted by Crippen LogP contribution is 2.40. The molecule has 10 nitrogen and oxygen atoms in total. The first kappa shape index (κ1) is 25.4. The summed E-state index contributed by atoms with van der Waals surface area (Å²) in [5.41, 5.74) is -0.890. The van der Waals surface area contributed by atoms with E-state index < -0.39 is 42.5 Å². The van der Waals surface area contributed by atoms with Gasteiger partial charge in [0.05, 0.1) is 55.7 Å². The topological polar surface area (TPSA) is 103 Å². The molecule has 0 spiro atoms. The Morgan fingerprint density at radius 2 is 1.87 bits per heavy atom. The Labute approximate surface area is 210 Å². The highest BCUT2D eigenvalue weighted by atomic mass is 19.4. The summed E-state index contributed by atoms with van der Waals surface area (Å²) in [6.07, 6.45) is -2.41. The van der Waals surface area contributed by atoms with E-state index in [1.165, 1.54) is 31.4 Å². The van der Waals surface area contributed by atoms with Crippen molar-refractivity contribution in [3.8, 4) is 23.1 Å². The van der Waals surface area contributed by atoms with Crippen molar-refractivity contribution in [1.29, 1.82) is 0 Å². The van der Waals surface area contributed by atoms with Crippen molar-refractivity contribution in [2.24, 2.45) is 5.92 Å². The highest BCUT2D eigenvalue weighted by Gasteiger charge is 2.49. The van der Waals surface area contributed by atoms with Crippen LogP contribution in [-0.4, -0.2) is 68.0 Å². The first-order chi connectivity index (χ1) is 18.0. The molecule has 16 heteroatoms. The molecule has 1 aliphatic heterocycles. The molecule has 1 aliphatic rings. The van der Waals surface area contributed by atoms with Gasteiger partial charge in [-0.05, 0) is 12.1 Å². The van der Waals surface area contributed by atoms with E-state index >= 15 is 8.78 Å². The van der Waals surface area contributed by atoms with Crippen LogP contribution in [0.5, 0.6) is 11.9 Å². The Balaban J connectivity index is 1.52.